The molecule has 1 N–H and O–H groups in total. The second-order valence-corrected chi connectivity index (χ2v) is 7.18. The van der Waals surface area contributed by atoms with Gasteiger partial charge < -0.3 is 14.3 Å². The van der Waals surface area contributed by atoms with Gasteiger partial charge in [-0.2, -0.15) is 0 Å². The molecule has 2 aromatic rings. The Morgan fingerprint density at radius 3 is 2.95 bits per heavy atom. The van der Waals surface area contributed by atoms with Crippen LogP contribution in [0.1, 0.15) is 5.69 Å². The van der Waals surface area contributed by atoms with Gasteiger partial charge in [-0.15, -0.1) is 11.3 Å². The smallest absolute Gasteiger partial charge is 0.236 e. The van der Waals surface area contributed by atoms with E-state index in [2.05, 4.69) is 4.98 Å². The van der Waals surface area contributed by atoms with Gasteiger partial charge in [0.1, 0.15) is 6.26 Å². The average molecular weight is 317 g/mol. The van der Waals surface area contributed by atoms with Crippen LogP contribution in [-0.2, 0) is 20.3 Å². The standard InChI is InChI=1S/C12H15NO5S2/c14-3-4-17-5-7-20(15,16)9-10-8-18-12(13-10)11-2-1-6-19-11/h1-2,6,8,14H,3-5,7,9H2. The molecule has 2 rings (SSSR count). The Bertz CT molecular complexity index is 618. The van der Waals surface area contributed by atoms with Crippen molar-refractivity contribution in [2.45, 2.75) is 5.75 Å². The van der Waals surface area contributed by atoms with Gasteiger partial charge in [0, 0.05) is 0 Å². The minimum atomic E-state index is -3.30. The molecule has 0 unspecified atom stereocenters. The quantitative estimate of drug-likeness (QED) is 0.739. The topological polar surface area (TPSA) is 89.6 Å². The fourth-order valence-corrected chi connectivity index (χ4v) is 3.29. The molecule has 6 nitrogen and oxygen atoms in total. The molecule has 0 bridgehead atoms. The SMILES string of the molecule is O=S(=O)(CCOCCO)Cc1coc(-c2cccs2)n1. The maximum Gasteiger partial charge on any atom is 0.236 e. The van der Waals surface area contributed by atoms with Crippen LogP contribution in [0.5, 0.6) is 0 Å². The van der Waals surface area contributed by atoms with Gasteiger partial charge in [0.2, 0.25) is 5.89 Å². The Balaban J connectivity index is 1.92. The van der Waals surface area contributed by atoms with Crippen molar-refractivity contribution >= 4 is 21.2 Å². The summed E-state index contributed by atoms with van der Waals surface area (Å²) in [6.45, 7) is 0.0913. The number of aliphatic hydroxyl groups excluding tert-OH is 1. The van der Waals surface area contributed by atoms with Crippen LogP contribution in [0.25, 0.3) is 10.8 Å². The molecule has 110 valence electrons. The summed E-state index contributed by atoms with van der Waals surface area (Å²) < 4.78 is 33.9. The molecule has 0 atom stereocenters. The maximum atomic E-state index is 11.8. The van der Waals surface area contributed by atoms with Crippen molar-refractivity contribution in [2.24, 2.45) is 0 Å². The first-order valence-corrected chi connectivity index (χ1v) is 8.68. The number of hydrogen-bond donors (Lipinski definition) is 1. The normalized spacial score (nSPS) is 11.8. The van der Waals surface area contributed by atoms with Crippen LogP contribution in [-0.4, -0.2) is 44.1 Å². The molecule has 2 aromatic heterocycles. The number of aromatic nitrogens is 1. The van der Waals surface area contributed by atoms with E-state index in [-0.39, 0.29) is 31.3 Å². The molecule has 0 aliphatic carbocycles. The first kappa shape index (κ1) is 15.2. The van der Waals surface area contributed by atoms with Crippen molar-refractivity contribution in [3.05, 3.63) is 29.5 Å². The zero-order valence-corrected chi connectivity index (χ0v) is 12.3. The van der Waals surface area contributed by atoms with Crippen LogP contribution in [0.4, 0.5) is 0 Å². The predicted molar refractivity (Wildman–Crippen MR) is 75.2 cm³/mol. The van der Waals surface area contributed by atoms with Crippen LogP contribution in [0.15, 0.2) is 28.2 Å². The summed E-state index contributed by atoms with van der Waals surface area (Å²) in [5.74, 6) is 0.153. The van der Waals surface area contributed by atoms with Crippen LogP contribution < -0.4 is 0 Å². The fraction of sp³-hybridized carbons (Fsp3) is 0.417. The van der Waals surface area contributed by atoms with Crippen molar-refractivity contribution in [3.63, 3.8) is 0 Å². The van der Waals surface area contributed by atoms with E-state index < -0.39 is 9.84 Å². The lowest BCUT2D eigenvalue weighted by Crippen LogP contribution is -2.15. The summed E-state index contributed by atoms with van der Waals surface area (Å²) in [5, 5.41) is 10.4. The second-order valence-electron chi connectivity index (χ2n) is 4.05. The third kappa shape index (κ3) is 4.41. The van der Waals surface area contributed by atoms with Gasteiger partial charge in [0.25, 0.3) is 0 Å². The Labute approximate surface area is 121 Å². The lowest BCUT2D eigenvalue weighted by molar-refractivity contribution is 0.103. The van der Waals surface area contributed by atoms with Crippen molar-refractivity contribution < 1.29 is 22.7 Å². The largest absolute Gasteiger partial charge is 0.444 e. The highest BCUT2D eigenvalue weighted by molar-refractivity contribution is 7.90. The molecule has 0 saturated carbocycles. The highest BCUT2D eigenvalue weighted by atomic mass is 32.2. The van der Waals surface area contributed by atoms with E-state index in [0.29, 0.717) is 11.6 Å². The summed E-state index contributed by atoms with van der Waals surface area (Å²) in [5.41, 5.74) is 0.385. The summed E-state index contributed by atoms with van der Waals surface area (Å²) in [4.78, 5) is 5.03. The first-order valence-electron chi connectivity index (χ1n) is 5.98. The van der Waals surface area contributed by atoms with Crippen LogP contribution in [0, 0.1) is 0 Å². The highest BCUT2D eigenvalue weighted by Gasteiger charge is 2.16. The summed E-state index contributed by atoms with van der Waals surface area (Å²) in [6.07, 6.45) is 1.36. The molecule has 0 radical (unpaired) electrons. The van der Waals surface area contributed by atoms with Crippen LogP contribution in [0.2, 0.25) is 0 Å². The molecule has 0 spiro atoms. The van der Waals surface area contributed by atoms with E-state index in [1.54, 1.807) is 0 Å². The van der Waals surface area contributed by atoms with E-state index in [1.807, 2.05) is 17.5 Å². The molecule has 8 heteroatoms. The molecule has 0 saturated heterocycles. The van der Waals surface area contributed by atoms with Crippen molar-refractivity contribution in [2.75, 3.05) is 25.6 Å². The number of aliphatic hydroxyl groups is 1. The molecule has 2 heterocycles. The molecular formula is C12H15NO5S2. The lowest BCUT2D eigenvalue weighted by atomic mass is 10.5. The van der Waals surface area contributed by atoms with Gasteiger partial charge in [-0.05, 0) is 11.4 Å². The van der Waals surface area contributed by atoms with E-state index in [9.17, 15) is 8.42 Å². The Morgan fingerprint density at radius 2 is 2.25 bits per heavy atom. The van der Waals surface area contributed by atoms with Crippen molar-refractivity contribution in [3.8, 4) is 10.8 Å². The third-order valence-corrected chi connectivity index (χ3v) is 4.81. The zero-order chi connectivity index (χ0) is 14.4. The molecule has 0 aliphatic heterocycles. The second kappa shape index (κ2) is 6.98. The minimum Gasteiger partial charge on any atom is -0.444 e. The average Bonchev–Trinajstić information content (AvgIpc) is 3.04. The molecule has 0 fully saturated rings. The number of sulfone groups is 1. The fourth-order valence-electron chi connectivity index (χ4n) is 1.54. The monoisotopic (exact) mass is 317 g/mol. The maximum absolute atomic E-state index is 11.8. The Kier molecular flexibility index (Phi) is 5.30. The first-order chi connectivity index (χ1) is 9.61. The number of ether oxygens (including phenoxy) is 1. The summed E-state index contributed by atoms with van der Waals surface area (Å²) >= 11 is 1.48. The van der Waals surface area contributed by atoms with Gasteiger partial charge in [-0.1, -0.05) is 6.07 Å². The van der Waals surface area contributed by atoms with Gasteiger partial charge in [0.05, 0.1) is 41.9 Å². The molecule has 0 amide bonds. The molecule has 0 aromatic carbocycles. The molecular weight excluding hydrogens is 302 g/mol. The van der Waals surface area contributed by atoms with Crippen LogP contribution in [0.3, 0.4) is 0 Å². The number of hydrogen-bond acceptors (Lipinski definition) is 7. The van der Waals surface area contributed by atoms with Gasteiger partial charge in [-0.25, -0.2) is 13.4 Å². The summed E-state index contributed by atoms with van der Waals surface area (Å²) in [6, 6.07) is 3.73. The van der Waals surface area contributed by atoms with Crippen molar-refractivity contribution in [1.29, 1.82) is 0 Å². The van der Waals surface area contributed by atoms with E-state index in [1.165, 1.54) is 17.6 Å². The van der Waals surface area contributed by atoms with Gasteiger partial charge in [-0.3, -0.25) is 0 Å². The third-order valence-electron chi connectivity index (χ3n) is 2.43. The van der Waals surface area contributed by atoms with E-state index >= 15 is 0 Å². The number of thiophene rings is 1. The van der Waals surface area contributed by atoms with E-state index in [4.69, 9.17) is 14.3 Å². The Hall–Kier alpha value is -1.22. The predicted octanol–water partition coefficient (Wildman–Crippen LogP) is 1.33. The molecule has 20 heavy (non-hydrogen) atoms. The van der Waals surface area contributed by atoms with Gasteiger partial charge in [0.15, 0.2) is 9.84 Å². The van der Waals surface area contributed by atoms with Crippen LogP contribution >= 0.6 is 11.3 Å². The van der Waals surface area contributed by atoms with Gasteiger partial charge >= 0.3 is 0 Å². The highest BCUT2D eigenvalue weighted by Crippen LogP contribution is 2.24. The minimum absolute atomic E-state index is 0.0680. The Morgan fingerprint density at radius 1 is 1.40 bits per heavy atom. The number of nitrogens with zero attached hydrogens (tertiary/aromatic N) is 1. The zero-order valence-electron chi connectivity index (χ0n) is 10.7. The summed E-state index contributed by atoms with van der Waals surface area (Å²) in [7, 11) is -3.30. The number of rotatable bonds is 8. The molecule has 0 aliphatic rings. The van der Waals surface area contributed by atoms with Crippen molar-refractivity contribution in [1.82, 2.24) is 4.98 Å². The van der Waals surface area contributed by atoms with E-state index in [0.717, 1.165) is 4.88 Å². The lowest BCUT2D eigenvalue weighted by Gasteiger charge is -2.02. The number of oxazole rings is 1.